The van der Waals surface area contributed by atoms with Gasteiger partial charge in [-0.25, -0.2) is 9.48 Å². The summed E-state index contributed by atoms with van der Waals surface area (Å²) in [6, 6.07) is 13.2. The van der Waals surface area contributed by atoms with Crippen LogP contribution in [-0.4, -0.2) is 33.8 Å². The number of esters is 1. The first-order valence-corrected chi connectivity index (χ1v) is 9.03. The monoisotopic (exact) mass is 392 g/mol. The standard InChI is InChI=1S/C21H20N4O4/c1-29-21(28)16-4-6-17(7-5-16)23-19(26)3-2-14-25-20(27)9-8-18(24-25)15-10-12-22-13-11-15/h4-13H,2-3,14H2,1H3,(H,23,26). The molecule has 3 rings (SSSR count). The van der Waals surface area contributed by atoms with Gasteiger partial charge < -0.3 is 10.1 Å². The molecule has 0 saturated heterocycles. The van der Waals surface area contributed by atoms with Crippen molar-refractivity contribution in [3.63, 3.8) is 0 Å². The number of pyridine rings is 1. The van der Waals surface area contributed by atoms with Gasteiger partial charge >= 0.3 is 5.97 Å². The third-order valence-electron chi connectivity index (χ3n) is 4.21. The summed E-state index contributed by atoms with van der Waals surface area (Å²) in [4.78, 5) is 39.6. The summed E-state index contributed by atoms with van der Waals surface area (Å²) in [5, 5.41) is 7.12. The quantitative estimate of drug-likeness (QED) is 0.620. The lowest BCUT2D eigenvalue weighted by Crippen LogP contribution is -2.23. The third kappa shape index (κ3) is 5.35. The molecule has 0 aliphatic heterocycles. The van der Waals surface area contributed by atoms with E-state index in [1.54, 1.807) is 42.7 Å². The Kier molecular flexibility index (Phi) is 6.47. The molecule has 0 radical (unpaired) electrons. The van der Waals surface area contributed by atoms with Crippen LogP contribution in [0.25, 0.3) is 11.3 Å². The highest BCUT2D eigenvalue weighted by atomic mass is 16.5. The Hall–Kier alpha value is -3.81. The maximum atomic E-state index is 12.1. The van der Waals surface area contributed by atoms with Crippen molar-refractivity contribution >= 4 is 17.6 Å². The second-order valence-corrected chi connectivity index (χ2v) is 6.24. The van der Waals surface area contributed by atoms with Crippen molar-refractivity contribution in [3.8, 4) is 11.3 Å². The molecule has 8 heteroatoms. The minimum absolute atomic E-state index is 0.186. The number of carbonyl (C=O) groups is 2. The van der Waals surface area contributed by atoms with Crippen molar-refractivity contribution in [2.75, 3.05) is 12.4 Å². The zero-order valence-corrected chi connectivity index (χ0v) is 15.9. The average Bonchev–Trinajstić information content (AvgIpc) is 2.75. The molecule has 1 N–H and O–H groups in total. The van der Waals surface area contributed by atoms with Gasteiger partial charge in [-0.3, -0.25) is 14.6 Å². The fraction of sp³-hybridized carbons (Fsp3) is 0.190. The molecular weight excluding hydrogens is 372 g/mol. The molecule has 2 heterocycles. The van der Waals surface area contributed by atoms with Crippen LogP contribution in [0.2, 0.25) is 0 Å². The van der Waals surface area contributed by atoms with Gasteiger partial charge in [0, 0.05) is 42.7 Å². The number of aromatic nitrogens is 3. The number of aryl methyl sites for hydroxylation is 1. The Morgan fingerprint density at radius 1 is 1.03 bits per heavy atom. The fourth-order valence-electron chi connectivity index (χ4n) is 2.71. The number of benzene rings is 1. The SMILES string of the molecule is COC(=O)c1ccc(NC(=O)CCCn2nc(-c3ccncc3)ccc2=O)cc1. The number of rotatable bonds is 7. The molecule has 8 nitrogen and oxygen atoms in total. The Morgan fingerprint density at radius 3 is 2.45 bits per heavy atom. The number of hydrogen-bond donors (Lipinski definition) is 1. The van der Waals surface area contributed by atoms with E-state index in [4.69, 9.17) is 0 Å². The number of nitrogens with zero attached hydrogens (tertiary/aromatic N) is 3. The zero-order valence-electron chi connectivity index (χ0n) is 15.9. The van der Waals surface area contributed by atoms with Gasteiger partial charge in [-0.15, -0.1) is 0 Å². The smallest absolute Gasteiger partial charge is 0.337 e. The van der Waals surface area contributed by atoms with Gasteiger partial charge in [-0.05, 0) is 48.9 Å². The van der Waals surface area contributed by atoms with Crippen LogP contribution >= 0.6 is 0 Å². The second kappa shape index (κ2) is 9.41. The average molecular weight is 392 g/mol. The largest absolute Gasteiger partial charge is 0.465 e. The summed E-state index contributed by atoms with van der Waals surface area (Å²) in [5.41, 5.74) is 2.30. The number of hydrogen-bond acceptors (Lipinski definition) is 6. The minimum atomic E-state index is -0.435. The molecule has 0 atom stereocenters. The van der Waals surface area contributed by atoms with E-state index in [-0.39, 0.29) is 17.9 Å². The third-order valence-corrected chi connectivity index (χ3v) is 4.21. The predicted molar refractivity (Wildman–Crippen MR) is 107 cm³/mol. The van der Waals surface area contributed by atoms with E-state index in [9.17, 15) is 14.4 Å². The normalized spacial score (nSPS) is 10.4. The van der Waals surface area contributed by atoms with Crippen molar-refractivity contribution in [3.05, 3.63) is 76.8 Å². The highest BCUT2D eigenvalue weighted by Crippen LogP contribution is 2.14. The van der Waals surface area contributed by atoms with Crippen molar-refractivity contribution < 1.29 is 14.3 Å². The molecule has 0 unspecified atom stereocenters. The van der Waals surface area contributed by atoms with E-state index in [1.807, 2.05) is 12.1 Å². The summed E-state index contributed by atoms with van der Waals surface area (Å²) in [6.45, 7) is 0.326. The van der Waals surface area contributed by atoms with Gasteiger partial charge in [-0.2, -0.15) is 5.10 Å². The number of ether oxygens (including phenoxy) is 1. The van der Waals surface area contributed by atoms with Crippen LogP contribution in [0, 0.1) is 0 Å². The number of nitrogens with one attached hydrogen (secondary N) is 1. The first kappa shape index (κ1) is 19.9. The molecule has 0 aliphatic rings. The number of methoxy groups -OCH3 is 1. The first-order valence-electron chi connectivity index (χ1n) is 9.03. The van der Waals surface area contributed by atoms with Crippen molar-refractivity contribution in [1.29, 1.82) is 0 Å². The van der Waals surface area contributed by atoms with Crippen LogP contribution < -0.4 is 10.9 Å². The van der Waals surface area contributed by atoms with Crippen LogP contribution in [-0.2, 0) is 16.1 Å². The van der Waals surface area contributed by atoms with E-state index in [0.29, 0.717) is 29.9 Å². The molecule has 148 valence electrons. The number of amides is 1. The number of carbonyl (C=O) groups excluding carboxylic acids is 2. The lowest BCUT2D eigenvalue weighted by Gasteiger charge is -2.08. The molecule has 0 fully saturated rings. The zero-order chi connectivity index (χ0) is 20.6. The minimum Gasteiger partial charge on any atom is -0.465 e. The summed E-state index contributed by atoms with van der Waals surface area (Å²) in [6.07, 6.45) is 4.01. The Bertz CT molecular complexity index is 1050. The molecule has 0 bridgehead atoms. The lowest BCUT2D eigenvalue weighted by molar-refractivity contribution is -0.116. The van der Waals surface area contributed by atoms with Gasteiger partial charge in [0.2, 0.25) is 5.91 Å². The molecule has 3 aromatic rings. The topological polar surface area (TPSA) is 103 Å². The summed E-state index contributed by atoms with van der Waals surface area (Å²) >= 11 is 0. The van der Waals surface area contributed by atoms with Crippen LogP contribution in [0.15, 0.2) is 65.7 Å². The maximum Gasteiger partial charge on any atom is 0.337 e. The van der Waals surface area contributed by atoms with E-state index < -0.39 is 5.97 Å². The fourth-order valence-corrected chi connectivity index (χ4v) is 2.71. The molecular formula is C21H20N4O4. The van der Waals surface area contributed by atoms with Crippen LogP contribution in [0.3, 0.4) is 0 Å². The summed E-state index contributed by atoms with van der Waals surface area (Å²) in [5.74, 6) is -0.621. The van der Waals surface area contributed by atoms with Gasteiger partial charge in [0.1, 0.15) is 0 Å². The summed E-state index contributed by atoms with van der Waals surface area (Å²) < 4.78 is 5.99. The maximum absolute atomic E-state index is 12.1. The van der Waals surface area contributed by atoms with Gasteiger partial charge in [-0.1, -0.05) is 0 Å². The Morgan fingerprint density at radius 2 is 1.76 bits per heavy atom. The van der Waals surface area contributed by atoms with Crippen LogP contribution in [0.4, 0.5) is 5.69 Å². The highest BCUT2D eigenvalue weighted by Gasteiger charge is 2.08. The molecule has 1 aromatic carbocycles. The molecule has 0 spiro atoms. The molecule has 0 saturated carbocycles. The van der Waals surface area contributed by atoms with Gasteiger partial charge in [0.15, 0.2) is 0 Å². The van der Waals surface area contributed by atoms with Crippen molar-refractivity contribution in [2.24, 2.45) is 0 Å². The molecule has 2 aromatic heterocycles. The van der Waals surface area contributed by atoms with Gasteiger partial charge in [0.25, 0.3) is 5.56 Å². The van der Waals surface area contributed by atoms with Crippen molar-refractivity contribution in [1.82, 2.24) is 14.8 Å². The lowest BCUT2D eigenvalue weighted by atomic mass is 10.2. The van der Waals surface area contributed by atoms with E-state index in [0.717, 1.165) is 5.56 Å². The van der Waals surface area contributed by atoms with E-state index in [2.05, 4.69) is 20.1 Å². The number of anilines is 1. The summed E-state index contributed by atoms with van der Waals surface area (Å²) in [7, 11) is 1.31. The molecule has 1 amide bonds. The predicted octanol–water partition coefficient (Wildman–Crippen LogP) is 2.51. The Balaban J connectivity index is 1.55. The second-order valence-electron chi connectivity index (χ2n) is 6.24. The van der Waals surface area contributed by atoms with Crippen LogP contribution in [0.5, 0.6) is 0 Å². The van der Waals surface area contributed by atoms with E-state index in [1.165, 1.54) is 17.9 Å². The molecule has 0 aliphatic carbocycles. The first-order chi connectivity index (χ1) is 14.1. The highest BCUT2D eigenvalue weighted by molar-refractivity contribution is 5.93. The van der Waals surface area contributed by atoms with Crippen LogP contribution in [0.1, 0.15) is 23.2 Å². The van der Waals surface area contributed by atoms with Gasteiger partial charge in [0.05, 0.1) is 18.4 Å². The van der Waals surface area contributed by atoms with E-state index >= 15 is 0 Å². The van der Waals surface area contributed by atoms with Crippen molar-refractivity contribution in [2.45, 2.75) is 19.4 Å². The Labute approximate surface area is 167 Å². The molecule has 29 heavy (non-hydrogen) atoms.